The fraction of sp³-hybridized carbons (Fsp3) is 0.538. The van der Waals surface area contributed by atoms with Crippen molar-refractivity contribution < 1.29 is 0 Å². The Hall–Kier alpha value is -0.340. The van der Waals surface area contributed by atoms with Crippen LogP contribution in [0.25, 0.3) is 0 Å². The largest absolute Gasteiger partial charge is 0.307 e. The summed E-state index contributed by atoms with van der Waals surface area (Å²) in [6, 6.07) is 9.46. The molecule has 1 aromatic rings. The Morgan fingerprint density at radius 3 is 2.00 bits per heavy atom. The van der Waals surface area contributed by atoms with Crippen LogP contribution in [0.2, 0.25) is 0 Å². The second-order valence-corrected chi connectivity index (χ2v) is 5.39. The van der Waals surface area contributed by atoms with Crippen LogP contribution in [0.4, 0.5) is 0 Å². The van der Waals surface area contributed by atoms with Crippen molar-refractivity contribution >= 4 is 15.9 Å². The lowest BCUT2D eigenvalue weighted by Gasteiger charge is -2.23. The number of hydrogen-bond acceptors (Lipinski definition) is 1. The molecule has 0 fully saturated rings. The van der Waals surface area contributed by atoms with Crippen LogP contribution in [0.15, 0.2) is 28.7 Å². The molecule has 0 unspecified atom stereocenters. The van der Waals surface area contributed by atoms with Crippen LogP contribution in [0.3, 0.4) is 0 Å². The van der Waals surface area contributed by atoms with E-state index in [1.54, 1.807) is 0 Å². The second kappa shape index (κ2) is 5.66. The first-order valence-electron chi connectivity index (χ1n) is 5.52. The van der Waals surface area contributed by atoms with Crippen LogP contribution in [0.1, 0.15) is 39.3 Å². The topological polar surface area (TPSA) is 12.0 Å². The van der Waals surface area contributed by atoms with Crippen molar-refractivity contribution in [2.24, 2.45) is 5.92 Å². The molecule has 15 heavy (non-hydrogen) atoms. The van der Waals surface area contributed by atoms with E-state index in [9.17, 15) is 0 Å². The minimum Gasteiger partial charge on any atom is -0.307 e. The van der Waals surface area contributed by atoms with Crippen molar-refractivity contribution in [3.05, 3.63) is 34.3 Å². The maximum atomic E-state index is 3.60. The summed E-state index contributed by atoms with van der Waals surface area (Å²) in [5.74, 6) is 0.669. The minimum absolute atomic E-state index is 0.412. The third-order valence-electron chi connectivity index (χ3n) is 2.88. The average Bonchev–Trinajstić information content (AvgIpc) is 2.18. The van der Waals surface area contributed by atoms with Crippen molar-refractivity contribution in [2.75, 3.05) is 0 Å². The van der Waals surface area contributed by atoms with Gasteiger partial charge in [-0.15, -0.1) is 0 Å². The molecule has 1 N–H and O–H groups in total. The Morgan fingerprint density at radius 2 is 1.53 bits per heavy atom. The highest BCUT2D eigenvalue weighted by molar-refractivity contribution is 9.10. The van der Waals surface area contributed by atoms with Crippen molar-refractivity contribution in [1.29, 1.82) is 0 Å². The first-order valence-corrected chi connectivity index (χ1v) is 6.31. The molecule has 0 radical (unpaired) electrons. The quantitative estimate of drug-likeness (QED) is 0.866. The zero-order valence-electron chi connectivity index (χ0n) is 9.92. The van der Waals surface area contributed by atoms with Gasteiger partial charge in [0.15, 0.2) is 0 Å². The summed E-state index contributed by atoms with van der Waals surface area (Å²) in [6.07, 6.45) is 0. The van der Waals surface area contributed by atoms with Gasteiger partial charge in [-0.05, 0) is 37.5 Å². The van der Waals surface area contributed by atoms with Crippen LogP contribution in [-0.4, -0.2) is 6.04 Å². The lowest BCUT2D eigenvalue weighted by atomic mass is 10.0. The highest BCUT2D eigenvalue weighted by Crippen LogP contribution is 2.17. The molecule has 84 valence electrons. The molecule has 0 aliphatic carbocycles. The summed E-state index contributed by atoms with van der Waals surface area (Å²) >= 11 is 3.45. The van der Waals surface area contributed by atoms with Crippen molar-refractivity contribution in [2.45, 2.75) is 39.8 Å². The third-order valence-corrected chi connectivity index (χ3v) is 3.41. The smallest absolute Gasteiger partial charge is 0.0294 e. The summed E-state index contributed by atoms with van der Waals surface area (Å²) in [7, 11) is 0. The lowest BCUT2D eigenvalue weighted by Crippen LogP contribution is -2.32. The van der Waals surface area contributed by atoms with Gasteiger partial charge in [0.05, 0.1) is 0 Å². The molecule has 2 heteroatoms. The van der Waals surface area contributed by atoms with Crippen LogP contribution in [0.5, 0.6) is 0 Å². The molecule has 0 saturated carbocycles. The van der Waals surface area contributed by atoms with E-state index in [1.807, 2.05) is 0 Å². The van der Waals surface area contributed by atoms with E-state index in [0.29, 0.717) is 18.0 Å². The summed E-state index contributed by atoms with van der Waals surface area (Å²) in [5, 5.41) is 3.60. The highest BCUT2D eigenvalue weighted by Gasteiger charge is 2.11. The van der Waals surface area contributed by atoms with E-state index in [-0.39, 0.29) is 0 Å². The number of benzene rings is 1. The van der Waals surface area contributed by atoms with Crippen LogP contribution < -0.4 is 5.32 Å². The molecule has 0 aliphatic rings. The Labute approximate surface area is 101 Å². The Balaban J connectivity index is 2.61. The van der Waals surface area contributed by atoms with Crippen LogP contribution >= 0.6 is 15.9 Å². The first kappa shape index (κ1) is 12.7. The van der Waals surface area contributed by atoms with Crippen LogP contribution in [-0.2, 0) is 0 Å². The molecule has 0 spiro atoms. The fourth-order valence-corrected chi connectivity index (χ4v) is 1.70. The standard InChI is InChI=1S/C13H20BrN/c1-9(2)10(3)15-11(4)12-5-7-13(14)8-6-12/h5-11,15H,1-4H3/t10-,11-/m1/s1. The van der Waals surface area contributed by atoms with Crippen molar-refractivity contribution in [3.63, 3.8) is 0 Å². The zero-order chi connectivity index (χ0) is 11.4. The summed E-state index contributed by atoms with van der Waals surface area (Å²) < 4.78 is 1.13. The molecule has 0 aliphatic heterocycles. The second-order valence-electron chi connectivity index (χ2n) is 4.47. The van der Waals surface area contributed by atoms with E-state index in [2.05, 4.69) is 73.2 Å². The van der Waals surface area contributed by atoms with Gasteiger partial charge in [0.1, 0.15) is 0 Å². The molecule has 0 heterocycles. The fourth-order valence-electron chi connectivity index (χ4n) is 1.43. The molecule has 1 aromatic carbocycles. The van der Waals surface area contributed by atoms with E-state index >= 15 is 0 Å². The number of nitrogens with one attached hydrogen (secondary N) is 1. The van der Waals surface area contributed by atoms with Crippen molar-refractivity contribution in [1.82, 2.24) is 5.32 Å². The predicted octanol–water partition coefficient (Wildman–Crippen LogP) is 4.14. The molecular weight excluding hydrogens is 250 g/mol. The van der Waals surface area contributed by atoms with Crippen molar-refractivity contribution in [3.8, 4) is 0 Å². The molecule has 0 saturated heterocycles. The van der Waals surface area contributed by atoms with Gasteiger partial charge in [-0.2, -0.15) is 0 Å². The molecule has 1 rings (SSSR count). The van der Waals surface area contributed by atoms with E-state index in [4.69, 9.17) is 0 Å². The van der Waals surface area contributed by atoms with E-state index in [1.165, 1.54) is 5.56 Å². The molecule has 1 nitrogen and oxygen atoms in total. The number of halogens is 1. The average molecular weight is 270 g/mol. The zero-order valence-corrected chi connectivity index (χ0v) is 11.5. The van der Waals surface area contributed by atoms with Gasteiger partial charge in [0, 0.05) is 16.6 Å². The summed E-state index contributed by atoms with van der Waals surface area (Å²) in [5.41, 5.74) is 1.34. The van der Waals surface area contributed by atoms with Gasteiger partial charge in [0.2, 0.25) is 0 Å². The predicted molar refractivity (Wildman–Crippen MR) is 70.0 cm³/mol. The van der Waals surface area contributed by atoms with Crippen LogP contribution in [0, 0.1) is 5.92 Å². The van der Waals surface area contributed by atoms with E-state index in [0.717, 1.165) is 4.47 Å². The maximum Gasteiger partial charge on any atom is 0.0294 e. The lowest BCUT2D eigenvalue weighted by molar-refractivity contribution is 0.389. The van der Waals surface area contributed by atoms with Gasteiger partial charge in [-0.1, -0.05) is 41.9 Å². The molecule has 2 atom stereocenters. The highest BCUT2D eigenvalue weighted by atomic mass is 79.9. The van der Waals surface area contributed by atoms with E-state index < -0.39 is 0 Å². The first-order chi connectivity index (χ1) is 7.00. The monoisotopic (exact) mass is 269 g/mol. The number of rotatable bonds is 4. The molecular formula is C13H20BrN. The van der Waals surface area contributed by atoms with Gasteiger partial charge in [-0.3, -0.25) is 0 Å². The summed E-state index contributed by atoms with van der Waals surface area (Å²) in [6.45, 7) is 8.93. The summed E-state index contributed by atoms with van der Waals surface area (Å²) in [4.78, 5) is 0. The van der Waals surface area contributed by atoms with Gasteiger partial charge in [0.25, 0.3) is 0 Å². The number of hydrogen-bond donors (Lipinski definition) is 1. The Kier molecular flexibility index (Phi) is 4.81. The van der Waals surface area contributed by atoms with Gasteiger partial charge >= 0.3 is 0 Å². The van der Waals surface area contributed by atoms with Gasteiger partial charge < -0.3 is 5.32 Å². The molecule has 0 aromatic heterocycles. The SMILES string of the molecule is CC(C)[C@@H](C)N[C@H](C)c1ccc(Br)cc1. The Bertz CT molecular complexity index is 292. The van der Waals surface area contributed by atoms with Gasteiger partial charge in [-0.25, -0.2) is 0 Å². The third kappa shape index (κ3) is 3.96. The Morgan fingerprint density at radius 1 is 1.00 bits per heavy atom. The minimum atomic E-state index is 0.412. The molecule has 0 bridgehead atoms. The maximum absolute atomic E-state index is 3.60. The normalized spacial score (nSPS) is 15.3. The molecule has 0 amide bonds.